The lowest BCUT2D eigenvalue weighted by atomic mass is 10.1. The summed E-state index contributed by atoms with van der Waals surface area (Å²) in [5, 5.41) is 0. The van der Waals surface area contributed by atoms with Gasteiger partial charge >= 0.3 is 0 Å². The average molecular weight is 259 g/mol. The molecule has 0 bridgehead atoms. The van der Waals surface area contributed by atoms with Crippen LogP contribution in [0.4, 0.5) is 10.2 Å². The minimum absolute atomic E-state index is 0.247. The van der Waals surface area contributed by atoms with Crippen LogP contribution >= 0.6 is 11.6 Å². The first-order valence-electron chi connectivity index (χ1n) is 5.84. The fourth-order valence-electron chi connectivity index (χ4n) is 2.06. The van der Waals surface area contributed by atoms with Crippen molar-refractivity contribution in [3.05, 3.63) is 24.1 Å². The number of alkyl halides is 1. The molecule has 2 rings (SSSR count). The van der Waals surface area contributed by atoms with Gasteiger partial charge in [-0.05, 0) is 25.0 Å². The molecule has 94 valence electrons. The summed E-state index contributed by atoms with van der Waals surface area (Å²) < 4.78 is 19.1. The summed E-state index contributed by atoms with van der Waals surface area (Å²) in [6.45, 7) is 2.14. The molecule has 1 aliphatic rings. The van der Waals surface area contributed by atoms with Gasteiger partial charge in [-0.2, -0.15) is 0 Å². The third kappa shape index (κ3) is 3.30. The van der Waals surface area contributed by atoms with Crippen molar-refractivity contribution < 1.29 is 9.13 Å². The number of nitrogens with zero attached hydrogens (tertiary/aromatic N) is 2. The van der Waals surface area contributed by atoms with Crippen molar-refractivity contribution in [3.63, 3.8) is 0 Å². The molecular formula is C12H16ClFN2O. The fraction of sp³-hybridized carbons (Fsp3) is 0.583. The highest BCUT2D eigenvalue weighted by molar-refractivity contribution is 6.17. The molecule has 1 aliphatic heterocycles. The van der Waals surface area contributed by atoms with Crippen molar-refractivity contribution in [1.82, 2.24) is 4.98 Å². The first-order chi connectivity index (χ1) is 8.31. The van der Waals surface area contributed by atoms with Gasteiger partial charge in [-0.15, -0.1) is 11.6 Å². The standard InChI is InChI=1S/C12H16ClFN2O/c13-5-9-17-10-3-7-16(8-4-10)12-11(14)2-1-6-15-12/h1-2,6,10H,3-5,7-9H2. The molecule has 0 N–H and O–H groups in total. The maximum atomic E-state index is 13.5. The van der Waals surface area contributed by atoms with Gasteiger partial charge in [0.2, 0.25) is 0 Å². The van der Waals surface area contributed by atoms with Gasteiger partial charge in [0.05, 0.1) is 12.7 Å². The van der Waals surface area contributed by atoms with Crippen molar-refractivity contribution in [2.24, 2.45) is 0 Å². The van der Waals surface area contributed by atoms with Crippen LogP contribution < -0.4 is 4.90 Å². The quantitative estimate of drug-likeness (QED) is 0.776. The smallest absolute Gasteiger partial charge is 0.165 e. The van der Waals surface area contributed by atoms with E-state index in [0.29, 0.717) is 18.3 Å². The largest absolute Gasteiger partial charge is 0.377 e. The molecule has 0 aliphatic carbocycles. The van der Waals surface area contributed by atoms with Crippen LogP contribution in [0.5, 0.6) is 0 Å². The van der Waals surface area contributed by atoms with E-state index in [1.54, 1.807) is 12.3 Å². The number of ether oxygens (including phenoxy) is 1. The normalized spacial score (nSPS) is 17.4. The average Bonchev–Trinajstić information content (AvgIpc) is 2.38. The van der Waals surface area contributed by atoms with E-state index in [-0.39, 0.29) is 11.9 Å². The molecule has 1 fully saturated rings. The maximum Gasteiger partial charge on any atom is 0.165 e. The molecule has 0 atom stereocenters. The van der Waals surface area contributed by atoms with Crippen LogP contribution in [0.3, 0.4) is 0 Å². The second kappa shape index (κ2) is 6.17. The van der Waals surface area contributed by atoms with Crippen LogP contribution in [0.25, 0.3) is 0 Å². The summed E-state index contributed by atoms with van der Waals surface area (Å²) in [6.07, 6.45) is 3.66. The number of hydrogen-bond donors (Lipinski definition) is 0. The molecule has 0 saturated carbocycles. The van der Waals surface area contributed by atoms with E-state index in [4.69, 9.17) is 16.3 Å². The second-order valence-electron chi connectivity index (χ2n) is 4.06. The number of halogens is 2. The summed E-state index contributed by atoms with van der Waals surface area (Å²) in [5.74, 6) is 0.714. The van der Waals surface area contributed by atoms with E-state index in [1.807, 2.05) is 4.90 Å². The predicted octanol–water partition coefficient (Wildman–Crippen LogP) is 2.44. The minimum atomic E-state index is -0.257. The van der Waals surface area contributed by atoms with Crippen LogP contribution in [0.15, 0.2) is 18.3 Å². The molecular weight excluding hydrogens is 243 g/mol. The molecule has 0 amide bonds. The Morgan fingerprint density at radius 3 is 2.88 bits per heavy atom. The number of aromatic nitrogens is 1. The molecule has 1 aromatic rings. The lowest BCUT2D eigenvalue weighted by Gasteiger charge is -2.32. The summed E-state index contributed by atoms with van der Waals surface area (Å²) in [4.78, 5) is 6.05. The molecule has 0 radical (unpaired) electrons. The zero-order valence-corrected chi connectivity index (χ0v) is 10.4. The van der Waals surface area contributed by atoms with Crippen LogP contribution in [-0.4, -0.2) is 36.7 Å². The van der Waals surface area contributed by atoms with Crippen LogP contribution in [-0.2, 0) is 4.74 Å². The van der Waals surface area contributed by atoms with Crippen molar-refractivity contribution >= 4 is 17.4 Å². The van der Waals surface area contributed by atoms with Gasteiger partial charge in [0, 0.05) is 25.2 Å². The van der Waals surface area contributed by atoms with Crippen LogP contribution in [0.1, 0.15) is 12.8 Å². The van der Waals surface area contributed by atoms with Crippen LogP contribution in [0.2, 0.25) is 0 Å². The summed E-state index contributed by atoms with van der Waals surface area (Å²) in [5.41, 5.74) is 0. The van der Waals surface area contributed by atoms with Gasteiger partial charge < -0.3 is 9.64 Å². The third-order valence-electron chi connectivity index (χ3n) is 2.91. The van der Waals surface area contributed by atoms with E-state index in [0.717, 1.165) is 25.9 Å². The Hall–Kier alpha value is -0.870. The van der Waals surface area contributed by atoms with Crippen LogP contribution in [0, 0.1) is 5.82 Å². The number of pyridine rings is 1. The predicted molar refractivity (Wildman–Crippen MR) is 66.1 cm³/mol. The SMILES string of the molecule is Fc1cccnc1N1CCC(OCCCl)CC1. The van der Waals surface area contributed by atoms with E-state index in [1.165, 1.54) is 6.07 Å². The van der Waals surface area contributed by atoms with Gasteiger partial charge in [0.15, 0.2) is 11.6 Å². The topological polar surface area (TPSA) is 25.4 Å². The van der Waals surface area contributed by atoms with Crippen molar-refractivity contribution in [2.45, 2.75) is 18.9 Å². The monoisotopic (exact) mass is 258 g/mol. The number of piperidine rings is 1. The highest BCUT2D eigenvalue weighted by Gasteiger charge is 2.22. The number of anilines is 1. The van der Waals surface area contributed by atoms with E-state index in [9.17, 15) is 4.39 Å². The third-order valence-corrected chi connectivity index (χ3v) is 3.07. The summed E-state index contributed by atoms with van der Waals surface area (Å²) >= 11 is 5.57. The van der Waals surface area contributed by atoms with E-state index < -0.39 is 0 Å². The van der Waals surface area contributed by atoms with Crippen molar-refractivity contribution in [2.75, 3.05) is 30.5 Å². The Morgan fingerprint density at radius 1 is 1.47 bits per heavy atom. The lowest BCUT2D eigenvalue weighted by molar-refractivity contribution is 0.0470. The first kappa shape index (κ1) is 12.6. The van der Waals surface area contributed by atoms with Gasteiger partial charge in [-0.3, -0.25) is 0 Å². The second-order valence-corrected chi connectivity index (χ2v) is 4.43. The molecule has 0 aromatic carbocycles. The molecule has 0 unspecified atom stereocenters. The Labute approximate surface area is 106 Å². The Kier molecular flexibility index (Phi) is 4.57. The van der Waals surface area contributed by atoms with Gasteiger partial charge in [-0.25, -0.2) is 9.37 Å². The Balaban J connectivity index is 1.89. The Bertz CT molecular complexity index is 356. The highest BCUT2D eigenvalue weighted by Crippen LogP contribution is 2.21. The molecule has 3 nitrogen and oxygen atoms in total. The lowest BCUT2D eigenvalue weighted by Crippen LogP contribution is -2.38. The van der Waals surface area contributed by atoms with E-state index in [2.05, 4.69) is 4.98 Å². The fourth-order valence-corrected chi connectivity index (χ4v) is 2.14. The minimum Gasteiger partial charge on any atom is -0.377 e. The van der Waals surface area contributed by atoms with E-state index >= 15 is 0 Å². The van der Waals surface area contributed by atoms with Gasteiger partial charge in [0.1, 0.15) is 0 Å². The Morgan fingerprint density at radius 2 is 2.24 bits per heavy atom. The molecule has 1 saturated heterocycles. The molecule has 0 spiro atoms. The molecule has 2 heterocycles. The molecule has 17 heavy (non-hydrogen) atoms. The first-order valence-corrected chi connectivity index (χ1v) is 6.37. The van der Waals surface area contributed by atoms with Crippen molar-refractivity contribution in [3.8, 4) is 0 Å². The van der Waals surface area contributed by atoms with Crippen molar-refractivity contribution in [1.29, 1.82) is 0 Å². The van der Waals surface area contributed by atoms with Gasteiger partial charge in [0.25, 0.3) is 0 Å². The number of rotatable bonds is 4. The summed E-state index contributed by atoms with van der Waals surface area (Å²) in [6, 6.07) is 3.05. The zero-order valence-electron chi connectivity index (χ0n) is 9.61. The molecule has 5 heteroatoms. The van der Waals surface area contributed by atoms with Gasteiger partial charge in [-0.1, -0.05) is 0 Å². The maximum absolute atomic E-state index is 13.5. The molecule has 1 aromatic heterocycles. The summed E-state index contributed by atoms with van der Waals surface area (Å²) in [7, 11) is 0. The zero-order chi connectivity index (χ0) is 12.1. The highest BCUT2D eigenvalue weighted by atomic mass is 35.5. The number of hydrogen-bond acceptors (Lipinski definition) is 3.